The zero-order valence-corrected chi connectivity index (χ0v) is 6.65. The van der Waals surface area contributed by atoms with E-state index in [0.717, 1.165) is 12.8 Å². The third kappa shape index (κ3) is 4.47. The average Bonchev–Trinajstić information content (AvgIpc) is 1.69. The van der Waals surface area contributed by atoms with E-state index in [0.29, 0.717) is 0 Å². The zero-order valence-electron chi connectivity index (χ0n) is 5.66. The van der Waals surface area contributed by atoms with E-state index in [1.54, 1.807) is 0 Å². The van der Waals surface area contributed by atoms with Gasteiger partial charge in [0.1, 0.15) is 0 Å². The predicted molar refractivity (Wildman–Crippen MR) is 31.7 cm³/mol. The molecule has 3 heteroatoms. The largest absolute Gasteiger partial charge is 0.481 e. The van der Waals surface area contributed by atoms with Crippen LogP contribution < -0.4 is 0 Å². The zero-order chi connectivity index (χ0) is 6.57. The Labute approximate surface area is 65.6 Å². The minimum absolute atomic E-state index is 0. The Bertz CT molecular complexity index is 79.1. The molecule has 0 saturated heterocycles. The molecular weight excluding hydrogens is 163 g/mol. The third-order valence-corrected chi connectivity index (χ3v) is 1.33. The molecule has 0 aromatic heterocycles. The minimum Gasteiger partial charge on any atom is -0.481 e. The number of hydrogen-bond donors (Lipinski definition) is 1. The molecule has 0 aliphatic rings. The van der Waals surface area contributed by atoms with Crippen LogP contribution in [0, 0.1) is 5.92 Å². The molecule has 0 atom stereocenters. The Morgan fingerprint density at radius 2 is 1.78 bits per heavy atom. The first-order valence-corrected chi connectivity index (χ1v) is 2.95. The second kappa shape index (κ2) is 6.09. The summed E-state index contributed by atoms with van der Waals surface area (Å²) in [6.45, 7) is 3.78. The van der Waals surface area contributed by atoms with Crippen molar-refractivity contribution < 1.29 is 26.4 Å². The van der Waals surface area contributed by atoms with Crippen molar-refractivity contribution in [3.63, 3.8) is 0 Å². The Balaban J connectivity index is 0. The summed E-state index contributed by atoms with van der Waals surface area (Å²) < 4.78 is 0. The third-order valence-electron chi connectivity index (χ3n) is 1.33. The van der Waals surface area contributed by atoms with Gasteiger partial charge in [0.2, 0.25) is 0 Å². The summed E-state index contributed by atoms with van der Waals surface area (Å²) >= 11 is 0. The van der Waals surface area contributed by atoms with E-state index in [1.165, 1.54) is 0 Å². The van der Waals surface area contributed by atoms with E-state index >= 15 is 0 Å². The normalized spacial score (nSPS) is 8.78. The molecule has 1 N–H and O–H groups in total. The second-order valence-corrected chi connectivity index (χ2v) is 1.85. The van der Waals surface area contributed by atoms with E-state index in [-0.39, 0.29) is 22.4 Å². The van der Waals surface area contributed by atoms with Gasteiger partial charge in [0.15, 0.2) is 0 Å². The summed E-state index contributed by atoms with van der Waals surface area (Å²) in [5, 5.41) is 8.37. The van der Waals surface area contributed by atoms with Crippen LogP contribution in [0.15, 0.2) is 0 Å². The standard InChI is InChI=1S/C6H12O2.Ni/c1-3-5(4-2)6(7)8;/h5H,3-4H2,1-2H3,(H,7,8);. The molecule has 0 bridgehead atoms. The van der Waals surface area contributed by atoms with Crippen LogP contribution in [0.2, 0.25) is 0 Å². The fourth-order valence-electron chi connectivity index (χ4n) is 0.638. The molecule has 0 unspecified atom stereocenters. The van der Waals surface area contributed by atoms with Crippen molar-refractivity contribution >= 4 is 5.97 Å². The Morgan fingerprint density at radius 1 is 1.44 bits per heavy atom. The van der Waals surface area contributed by atoms with Crippen LogP contribution in [0.4, 0.5) is 0 Å². The van der Waals surface area contributed by atoms with Crippen LogP contribution in [-0.4, -0.2) is 11.1 Å². The van der Waals surface area contributed by atoms with Gasteiger partial charge in [-0.1, -0.05) is 13.8 Å². The summed E-state index contributed by atoms with van der Waals surface area (Å²) in [6, 6.07) is 0. The molecule has 0 aromatic rings. The predicted octanol–water partition coefficient (Wildman–Crippen LogP) is 1.50. The van der Waals surface area contributed by atoms with Gasteiger partial charge in [-0.25, -0.2) is 0 Å². The SMILES string of the molecule is CCC(CC)C(=O)O.[Ni]. The Kier molecular flexibility index (Phi) is 7.93. The van der Waals surface area contributed by atoms with Crippen molar-refractivity contribution in [3.05, 3.63) is 0 Å². The van der Waals surface area contributed by atoms with Gasteiger partial charge in [0.05, 0.1) is 5.92 Å². The van der Waals surface area contributed by atoms with Crippen molar-refractivity contribution in [1.82, 2.24) is 0 Å². The van der Waals surface area contributed by atoms with Crippen LogP contribution in [0.3, 0.4) is 0 Å². The van der Waals surface area contributed by atoms with Crippen LogP contribution in [0.25, 0.3) is 0 Å². The monoisotopic (exact) mass is 174 g/mol. The van der Waals surface area contributed by atoms with Crippen molar-refractivity contribution in [2.24, 2.45) is 5.92 Å². The number of carboxylic acids is 1. The van der Waals surface area contributed by atoms with Crippen molar-refractivity contribution in [3.8, 4) is 0 Å². The fraction of sp³-hybridized carbons (Fsp3) is 0.833. The second-order valence-electron chi connectivity index (χ2n) is 1.85. The number of carboxylic acid groups (broad SMARTS) is 1. The molecule has 0 fully saturated rings. The van der Waals surface area contributed by atoms with Gasteiger partial charge < -0.3 is 5.11 Å². The molecule has 0 radical (unpaired) electrons. The fourth-order valence-corrected chi connectivity index (χ4v) is 0.638. The summed E-state index contributed by atoms with van der Waals surface area (Å²) in [4.78, 5) is 10.2. The first-order valence-electron chi connectivity index (χ1n) is 2.95. The van der Waals surface area contributed by atoms with E-state index in [4.69, 9.17) is 5.11 Å². The van der Waals surface area contributed by atoms with Gasteiger partial charge in [-0.2, -0.15) is 0 Å². The Hall–Kier alpha value is -0.0365. The molecule has 0 spiro atoms. The molecule has 58 valence electrons. The molecule has 0 heterocycles. The number of carbonyl (C=O) groups is 1. The summed E-state index contributed by atoms with van der Waals surface area (Å²) in [7, 11) is 0. The maximum atomic E-state index is 10.2. The van der Waals surface area contributed by atoms with Crippen molar-refractivity contribution in [2.45, 2.75) is 26.7 Å². The minimum atomic E-state index is -0.671. The molecule has 2 nitrogen and oxygen atoms in total. The van der Waals surface area contributed by atoms with Crippen LogP contribution >= 0.6 is 0 Å². The van der Waals surface area contributed by atoms with Crippen LogP contribution in [0.1, 0.15) is 26.7 Å². The quantitative estimate of drug-likeness (QED) is 0.659. The van der Waals surface area contributed by atoms with E-state index in [2.05, 4.69) is 0 Å². The smallest absolute Gasteiger partial charge is 0.306 e. The topological polar surface area (TPSA) is 37.3 Å². The van der Waals surface area contributed by atoms with Gasteiger partial charge in [-0.15, -0.1) is 0 Å². The molecule has 0 aliphatic heterocycles. The van der Waals surface area contributed by atoms with Crippen molar-refractivity contribution in [2.75, 3.05) is 0 Å². The van der Waals surface area contributed by atoms with Crippen molar-refractivity contribution in [1.29, 1.82) is 0 Å². The molecule has 0 amide bonds. The maximum absolute atomic E-state index is 10.2. The first kappa shape index (κ1) is 11.7. The Morgan fingerprint density at radius 3 is 1.78 bits per heavy atom. The molecular formula is C6H12NiO2. The van der Waals surface area contributed by atoms with E-state index in [9.17, 15) is 4.79 Å². The van der Waals surface area contributed by atoms with Gasteiger partial charge in [-0.3, -0.25) is 4.79 Å². The number of rotatable bonds is 3. The molecule has 9 heavy (non-hydrogen) atoms. The molecule has 0 saturated carbocycles. The number of hydrogen-bond acceptors (Lipinski definition) is 1. The first-order chi connectivity index (χ1) is 3.72. The van der Waals surface area contributed by atoms with Gasteiger partial charge in [0, 0.05) is 16.5 Å². The van der Waals surface area contributed by atoms with Gasteiger partial charge in [-0.05, 0) is 12.8 Å². The summed E-state index contributed by atoms with van der Waals surface area (Å²) in [6.07, 6.45) is 1.48. The summed E-state index contributed by atoms with van der Waals surface area (Å²) in [5.41, 5.74) is 0. The van der Waals surface area contributed by atoms with Crippen LogP contribution in [-0.2, 0) is 21.3 Å². The van der Waals surface area contributed by atoms with Gasteiger partial charge in [0.25, 0.3) is 0 Å². The molecule has 0 rings (SSSR count). The maximum Gasteiger partial charge on any atom is 0.306 e. The molecule has 0 aliphatic carbocycles. The van der Waals surface area contributed by atoms with E-state index in [1.807, 2.05) is 13.8 Å². The average molecular weight is 175 g/mol. The summed E-state index contributed by atoms with van der Waals surface area (Å²) in [5.74, 6) is -0.801. The van der Waals surface area contributed by atoms with E-state index < -0.39 is 5.97 Å². The number of aliphatic carboxylic acids is 1. The van der Waals surface area contributed by atoms with Crippen LogP contribution in [0.5, 0.6) is 0 Å². The molecule has 0 aromatic carbocycles. The van der Waals surface area contributed by atoms with Gasteiger partial charge >= 0.3 is 5.97 Å².